The number of hydrogen-bond acceptors (Lipinski definition) is 2. The van der Waals surface area contributed by atoms with Crippen LogP contribution in [0.2, 0.25) is 0 Å². The molecule has 1 spiro atoms. The third-order valence-corrected chi connectivity index (χ3v) is 15.2. The molecule has 1 fully saturated rings. The lowest BCUT2D eigenvalue weighted by Gasteiger charge is -2.46. The quantitative estimate of drug-likeness (QED) is 0.133. The van der Waals surface area contributed by atoms with E-state index in [9.17, 15) is 0 Å². The van der Waals surface area contributed by atoms with Crippen molar-refractivity contribution in [3.63, 3.8) is 0 Å². The largest absolute Gasteiger partial charge is 0.312 e. The minimum absolute atomic E-state index is 0.199. The molecule has 2 aliphatic carbocycles. The molecule has 2 N–H and O–H groups in total. The highest BCUT2D eigenvalue weighted by Crippen LogP contribution is 2.54. The van der Waals surface area contributed by atoms with Gasteiger partial charge in [0.25, 0.3) is 0 Å². The van der Waals surface area contributed by atoms with E-state index >= 15 is 0 Å². The smallest absolute Gasteiger partial charge is 0.154 e. The summed E-state index contributed by atoms with van der Waals surface area (Å²) in [6, 6.07) is 54.0. The minimum Gasteiger partial charge on any atom is -0.312 e. The Balaban J connectivity index is 1.13. The van der Waals surface area contributed by atoms with Crippen LogP contribution in [0.15, 0.2) is 187 Å². The maximum atomic E-state index is 3.26. The van der Waals surface area contributed by atoms with E-state index in [1.54, 1.807) is 0 Å². The molecule has 1 radical (unpaired) electrons. The normalized spacial score (nSPS) is 21.0. The van der Waals surface area contributed by atoms with Gasteiger partial charge in [0.1, 0.15) is 6.17 Å². The van der Waals surface area contributed by atoms with E-state index in [4.69, 9.17) is 0 Å². The maximum Gasteiger partial charge on any atom is 0.154 e. The molecule has 55 heavy (non-hydrogen) atoms. The zero-order valence-corrected chi connectivity index (χ0v) is 31.9. The van der Waals surface area contributed by atoms with Gasteiger partial charge in [-0.05, 0) is 59.9 Å². The van der Waals surface area contributed by atoms with Crippen LogP contribution in [0.1, 0.15) is 25.6 Å². The van der Waals surface area contributed by atoms with Crippen molar-refractivity contribution in [2.75, 3.05) is 0 Å². The fraction of sp³-hybridized carbons (Fsp3) is 0.120. The van der Waals surface area contributed by atoms with Gasteiger partial charge in [0.05, 0.1) is 22.1 Å². The number of allylic oxidation sites excluding steroid dienone is 8. The molecule has 3 heterocycles. The number of benzene rings is 6. The summed E-state index contributed by atoms with van der Waals surface area (Å²) in [5.41, 5.74) is 14.9. The van der Waals surface area contributed by atoms with Gasteiger partial charge in [-0.2, -0.15) is 0 Å². The van der Waals surface area contributed by atoms with E-state index in [2.05, 4.69) is 216 Å². The number of nitrogens with zero attached hydrogens (tertiary/aromatic N) is 2. The van der Waals surface area contributed by atoms with E-state index in [0.29, 0.717) is 5.92 Å². The van der Waals surface area contributed by atoms with Crippen LogP contribution >= 0.6 is 0 Å². The van der Waals surface area contributed by atoms with E-state index in [0.717, 1.165) is 0 Å². The number of aromatic nitrogens is 2. The van der Waals surface area contributed by atoms with Crippen LogP contribution in [0.25, 0.3) is 55.0 Å². The van der Waals surface area contributed by atoms with Gasteiger partial charge in [0.15, 0.2) is 8.80 Å². The molecule has 6 aromatic carbocycles. The highest BCUT2D eigenvalue weighted by Gasteiger charge is 2.45. The predicted molar refractivity (Wildman–Crippen MR) is 232 cm³/mol. The van der Waals surface area contributed by atoms with Crippen LogP contribution in [0.4, 0.5) is 0 Å². The lowest BCUT2D eigenvalue weighted by atomic mass is 9.62. The van der Waals surface area contributed by atoms with Crippen LogP contribution in [0.3, 0.4) is 0 Å². The first-order chi connectivity index (χ1) is 27.1. The lowest BCUT2D eigenvalue weighted by Crippen LogP contribution is -2.46. The number of nitrogens with one attached hydrogen (secondary N) is 2. The summed E-state index contributed by atoms with van der Waals surface area (Å²) >= 11 is 0. The number of fused-ring (bicyclic) bond motifs is 6. The molecule has 1 saturated heterocycles. The highest BCUT2D eigenvalue weighted by atomic mass is 28.3. The van der Waals surface area contributed by atoms with Crippen molar-refractivity contribution in [1.29, 1.82) is 0 Å². The van der Waals surface area contributed by atoms with Crippen LogP contribution in [-0.2, 0) is 0 Å². The van der Waals surface area contributed by atoms with Gasteiger partial charge in [0, 0.05) is 38.3 Å². The monoisotopic (exact) mass is 725 g/mol. The molecule has 5 heteroatoms. The van der Waals surface area contributed by atoms with Gasteiger partial charge < -0.3 is 9.13 Å². The fourth-order valence-electron chi connectivity index (χ4n) is 9.74. The predicted octanol–water partition coefficient (Wildman–Crippen LogP) is 10.0. The maximum absolute atomic E-state index is 3.26. The first-order valence-electron chi connectivity index (χ1n) is 19.5. The van der Waals surface area contributed by atoms with Crippen molar-refractivity contribution in [2.45, 2.75) is 20.0 Å². The first kappa shape index (κ1) is 32.4. The van der Waals surface area contributed by atoms with Crippen molar-refractivity contribution >= 4 is 68.5 Å². The van der Waals surface area contributed by atoms with E-state index in [-0.39, 0.29) is 17.5 Å². The molecule has 0 bridgehead atoms. The number of hydrogen-bond donors (Lipinski definition) is 2. The fourth-order valence-corrected chi connectivity index (χ4v) is 12.5. The zero-order valence-electron chi connectivity index (χ0n) is 30.9. The average molecular weight is 726 g/mol. The summed E-state index contributed by atoms with van der Waals surface area (Å²) in [7, 11) is -1.20. The summed E-state index contributed by atoms with van der Waals surface area (Å²) in [6.07, 6.45) is 15.0. The second-order valence-corrected chi connectivity index (χ2v) is 17.9. The molecule has 0 saturated carbocycles. The number of hydrazine groups is 1. The Morgan fingerprint density at radius 2 is 1.18 bits per heavy atom. The molecule has 0 amide bonds. The van der Waals surface area contributed by atoms with Crippen LogP contribution in [0, 0.1) is 17.3 Å². The van der Waals surface area contributed by atoms with Crippen molar-refractivity contribution in [2.24, 2.45) is 17.3 Å². The van der Waals surface area contributed by atoms with Gasteiger partial charge in [-0.1, -0.05) is 169 Å². The van der Waals surface area contributed by atoms with Crippen molar-refractivity contribution in [3.8, 4) is 5.69 Å². The Bertz CT molecular complexity index is 2890. The summed E-state index contributed by atoms with van der Waals surface area (Å²) in [4.78, 5) is 0. The zero-order chi connectivity index (χ0) is 36.7. The van der Waals surface area contributed by atoms with Crippen LogP contribution < -0.4 is 21.2 Å². The summed E-state index contributed by atoms with van der Waals surface area (Å²) in [5.74, 6) is 0.546. The Kier molecular flexibility index (Phi) is 7.40. The summed E-state index contributed by atoms with van der Waals surface area (Å²) in [6.45, 7) is 4.85. The second kappa shape index (κ2) is 12.5. The SMILES string of the molecule is CC1C=CC=C(n2c3ccccc3c3cc4c5ccccc5n(-c5cccc(C6NN6)c5)c4cc32)C12C=CC([Si](c1ccccc1)c1ccccc1)=CC2C. The lowest BCUT2D eigenvalue weighted by molar-refractivity contribution is 0.298. The van der Waals surface area contributed by atoms with E-state index in [1.807, 2.05) is 0 Å². The topological polar surface area (TPSA) is 53.7 Å². The summed E-state index contributed by atoms with van der Waals surface area (Å²) < 4.78 is 5.06. The number of para-hydroxylation sites is 2. The number of rotatable bonds is 6. The molecule has 265 valence electrons. The second-order valence-electron chi connectivity index (χ2n) is 15.4. The Morgan fingerprint density at radius 3 is 1.84 bits per heavy atom. The minimum atomic E-state index is -1.20. The average Bonchev–Trinajstić information content (AvgIpc) is 3.97. The molecule has 3 aliphatic rings. The molecule has 3 unspecified atom stereocenters. The van der Waals surface area contributed by atoms with Gasteiger partial charge in [-0.3, -0.25) is 0 Å². The van der Waals surface area contributed by atoms with Crippen LogP contribution in [0.5, 0.6) is 0 Å². The van der Waals surface area contributed by atoms with Crippen molar-refractivity contribution < 1.29 is 0 Å². The van der Waals surface area contributed by atoms with Crippen molar-refractivity contribution in [3.05, 3.63) is 193 Å². The Morgan fingerprint density at radius 1 is 0.564 bits per heavy atom. The molecule has 2 aromatic heterocycles. The highest BCUT2D eigenvalue weighted by molar-refractivity contribution is 6.91. The molecular weight excluding hydrogens is 685 g/mol. The third-order valence-electron chi connectivity index (χ3n) is 12.4. The molecule has 11 rings (SSSR count). The van der Waals surface area contributed by atoms with Crippen molar-refractivity contribution in [1.82, 2.24) is 20.0 Å². The van der Waals surface area contributed by atoms with Gasteiger partial charge in [0.2, 0.25) is 0 Å². The first-order valence-corrected chi connectivity index (χ1v) is 21.0. The van der Waals surface area contributed by atoms with Gasteiger partial charge in [-0.25, -0.2) is 10.9 Å². The van der Waals surface area contributed by atoms with Crippen LogP contribution in [-0.4, -0.2) is 17.9 Å². The molecule has 4 nitrogen and oxygen atoms in total. The van der Waals surface area contributed by atoms with Gasteiger partial charge in [-0.15, -0.1) is 0 Å². The summed E-state index contributed by atoms with van der Waals surface area (Å²) in [5, 5.41) is 9.40. The van der Waals surface area contributed by atoms with Gasteiger partial charge >= 0.3 is 0 Å². The molecule has 8 aromatic rings. The molecule has 3 atom stereocenters. The Hall–Kier alpha value is -5.98. The van der Waals surface area contributed by atoms with E-state index in [1.165, 1.54) is 76.1 Å². The Labute approximate surface area is 323 Å². The molecule has 1 aliphatic heterocycles. The third kappa shape index (κ3) is 4.97. The standard InChI is InChI=1S/C50H41N4Si/c1-33-15-13-26-48(50(33)28-27-39(29-34(50)2)55(37-18-5-3-6-19-37)38-20-7-4-8-21-38)54-45-25-12-10-23-41(45)43-31-42-40-22-9-11-24-44(40)53(46(42)32-47(43)54)36-17-14-16-35(30-36)49-51-52-49/h3-34,49,51-52H,1-2H3. The molecular formula is C50H41N4Si. The van der Waals surface area contributed by atoms with E-state index < -0.39 is 8.80 Å².